The minimum absolute atomic E-state index is 0.0823. The van der Waals surface area contributed by atoms with Crippen LogP contribution in [0.4, 0.5) is 5.69 Å². The van der Waals surface area contributed by atoms with Gasteiger partial charge in [-0.25, -0.2) is 0 Å². The SMILES string of the molecule is CC(C)(C(=O)Nc1cc2c(cc1Br)OCCO2)c1ccccc1. The van der Waals surface area contributed by atoms with Crippen molar-refractivity contribution in [2.45, 2.75) is 19.3 Å². The van der Waals surface area contributed by atoms with Gasteiger partial charge >= 0.3 is 0 Å². The Bertz CT molecular complexity index is 729. The molecule has 1 amide bonds. The van der Waals surface area contributed by atoms with Crippen LogP contribution in [0.25, 0.3) is 0 Å². The standard InChI is InChI=1S/C18H18BrNO3/c1-18(2,12-6-4-3-5-7-12)17(21)20-14-11-16-15(10-13(14)19)22-8-9-23-16/h3-7,10-11H,8-9H2,1-2H3,(H,20,21). The predicted molar refractivity (Wildman–Crippen MR) is 93.2 cm³/mol. The van der Waals surface area contributed by atoms with E-state index in [-0.39, 0.29) is 5.91 Å². The Labute approximate surface area is 143 Å². The Balaban J connectivity index is 1.85. The fourth-order valence-electron chi connectivity index (χ4n) is 2.42. The highest BCUT2D eigenvalue weighted by Crippen LogP contribution is 2.38. The first-order valence-corrected chi connectivity index (χ1v) is 8.24. The van der Waals surface area contributed by atoms with Crippen LogP contribution >= 0.6 is 15.9 Å². The Morgan fingerprint density at radius 2 is 1.70 bits per heavy atom. The number of halogens is 1. The maximum Gasteiger partial charge on any atom is 0.234 e. The number of carbonyl (C=O) groups excluding carboxylic acids is 1. The first-order valence-electron chi connectivity index (χ1n) is 7.44. The van der Waals surface area contributed by atoms with Gasteiger partial charge in [-0.1, -0.05) is 30.3 Å². The van der Waals surface area contributed by atoms with Gasteiger partial charge in [-0.05, 0) is 35.3 Å². The zero-order valence-electron chi connectivity index (χ0n) is 13.1. The van der Waals surface area contributed by atoms with Crippen molar-refractivity contribution in [2.24, 2.45) is 0 Å². The van der Waals surface area contributed by atoms with E-state index in [1.807, 2.05) is 50.2 Å². The summed E-state index contributed by atoms with van der Waals surface area (Å²) < 4.78 is 11.9. The van der Waals surface area contributed by atoms with Crippen molar-refractivity contribution in [3.05, 3.63) is 52.5 Å². The Morgan fingerprint density at radius 3 is 2.35 bits per heavy atom. The molecule has 3 rings (SSSR count). The molecule has 2 aromatic carbocycles. The summed E-state index contributed by atoms with van der Waals surface area (Å²) in [5, 5.41) is 2.98. The molecular weight excluding hydrogens is 358 g/mol. The first-order chi connectivity index (χ1) is 11.0. The molecule has 0 radical (unpaired) electrons. The molecule has 1 heterocycles. The molecular formula is C18H18BrNO3. The van der Waals surface area contributed by atoms with E-state index < -0.39 is 5.41 Å². The third kappa shape index (κ3) is 3.20. The summed E-state index contributed by atoms with van der Waals surface area (Å²) in [4.78, 5) is 12.8. The zero-order valence-corrected chi connectivity index (χ0v) is 14.6. The minimum atomic E-state index is -0.645. The molecule has 1 N–H and O–H groups in total. The topological polar surface area (TPSA) is 47.6 Å². The van der Waals surface area contributed by atoms with E-state index in [4.69, 9.17) is 9.47 Å². The third-order valence-corrected chi connectivity index (χ3v) is 4.60. The van der Waals surface area contributed by atoms with E-state index in [2.05, 4.69) is 21.2 Å². The number of fused-ring (bicyclic) bond motifs is 1. The van der Waals surface area contributed by atoms with Gasteiger partial charge in [-0.3, -0.25) is 4.79 Å². The van der Waals surface area contributed by atoms with Gasteiger partial charge in [0, 0.05) is 16.6 Å². The summed E-state index contributed by atoms with van der Waals surface area (Å²) in [6.07, 6.45) is 0. The van der Waals surface area contributed by atoms with Crippen molar-refractivity contribution in [1.82, 2.24) is 0 Å². The molecule has 5 heteroatoms. The van der Waals surface area contributed by atoms with Crippen LogP contribution in [0.3, 0.4) is 0 Å². The van der Waals surface area contributed by atoms with Gasteiger partial charge < -0.3 is 14.8 Å². The lowest BCUT2D eigenvalue weighted by atomic mass is 9.83. The van der Waals surface area contributed by atoms with Crippen molar-refractivity contribution in [1.29, 1.82) is 0 Å². The molecule has 0 aliphatic carbocycles. The zero-order chi connectivity index (χ0) is 16.4. The molecule has 0 aromatic heterocycles. The Kier molecular flexibility index (Phi) is 4.31. The van der Waals surface area contributed by atoms with Gasteiger partial charge in [0.25, 0.3) is 0 Å². The molecule has 4 nitrogen and oxygen atoms in total. The summed E-state index contributed by atoms with van der Waals surface area (Å²) >= 11 is 3.48. The molecule has 0 saturated heterocycles. The lowest BCUT2D eigenvalue weighted by Crippen LogP contribution is -2.34. The summed E-state index contributed by atoms with van der Waals surface area (Å²) in [5.74, 6) is 1.25. The number of nitrogens with one attached hydrogen (secondary N) is 1. The average Bonchev–Trinajstić information content (AvgIpc) is 2.56. The highest BCUT2D eigenvalue weighted by atomic mass is 79.9. The monoisotopic (exact) mass is 375 g/mol. The molecule has 1 aliphatic rings. The quantitative estimate of drug-likeness (QED) is 0.876. The number of carbonyl (C=O) groups is 1. The molecule has 23 heavy (non-hydrogen) atoms. The molecule has 0 saturated carbocycles. The second-order valence-corrected chi connectivity index (χ2v) is 6.78. The van der Waals surface area contributed by atoms with Crippen LogP contribution in [0, 0.1) is 0 Å². The second kappa shape index (κ2) is 6.24. The summed E-state index contributed by atoms with van der Waals surface area (Å²) in [7, 11) is 0. The first kappa shape index (κ1) is 15.9. The lowest BCUT2D eigenvalue weighted by Gasteiger charge is -2.25. The van der Waals surface area contributed by atoms with Crippen molar-refractivity contribution >= 4 is 27.5 Å². The largest absolute Gasteiger partial charge is 0.486 e. The molecule has 0 unspecified atom stereocenters. The van der Waals surface area contributed by atoms with Crippen LogP contribution in [-0.4, -0.2) is 19.1 Å². The third-order valence-electron chi connectivity index (χ3n) is 3.94. The highest BCUT2D eigenvalue weighted by molar-refractivity contribution is 9.10. The van der Waals surface area contributed by atoms with Gasteiger partial charge in [0.2, 0.25) is 5.91 Å². The van der Waals surface area contributed by atoms with E-state index in [1.165, 1.54) is 0 Å². The molecule has 0 bridgehead atoms. The molecule has 1 aliphatic heterocycles. The van der Waals surface area contributed by atoms with E-state index >= 15 is 0 Å². The average molecular weight is 376 g/mol. The van der Waals surface area contributed by atoms with Gasteiger partial charge in [-0.2, -0.15) is 0 Å². The van der Waals surface area contributed by atoms with Crippen LogP contribution in [0.1, 0.15) is 19.4 Å². The number of rotatable bonds is 3. The van der Waals surface area contributed by atoms with Crippen molar-refractivity contribution in [3.63, 3.8) is 0 Å². The van der Waals surface area contributed by atoms with Crippen LogP contribution < -0.4 is 14.8 Å². The second-order valence-electron chi connectivity index (χ2n) is 5.92. The van der Waals surface area contributed by atoms with Crippen LogP contribution in [0.2, 0.25) is 0 Å². The molecule has 0 atom stereocenters. The molecule has 0 fully saturated rings. The summed E-state index contributed by atoms with van der Waals surface area (Å²) in [6.45, 7) is 4.86. The maximum atomic E-state index is 12.8. The summed E-state index contributed by atoms with van der Waals surface area (Å²) in [6, 6.07) is 13.3. The van der Waals surface area contributed by atoms with Crippen molar-refractivity contribution in [2.75, 3.05) is 18.5 Å². The van der Waals surface area contributed by atoms with Gasteiger partial charge in [0.05, 0.1) is 11.1 Å². The normalized spacial score (nSPS) is 13.5. The van der Waals surface area contributed by atoms with Crippen LogP contribution in [0.5, 0.6) is 11.5 Å². The van der Waals surface area contributed by atoms with E-state index in [1.54, 1.807) is 6.07 Å². The van der Waals surface area contributed by atoms with E-state index in [0.29, 0.717) is 30.4 Å². The number of amides is 1. The van der Waals surface area contributed by atoms with Crippen molar-refractivity contribution < 1.29 is 14.3 Å². The van der Waals surface area contributed by atoms with E-state index in [0.717, 1.165) is 10.0 Å². The maximum absolute atomic E-state index is 12.8. The smallest absolute Gasteiger partial charge is 0.234 e. The lowest BCUT2D eigenvalue weighted by molar-refractivity contribution is -0.120. The number of anilines is 1. The van der Waals surface area contributed by atoms with Gasteiger partial charge in [0.15, 0.2) is 11.5 Å². The minimum Gasteiger partial charge on any atom is -0.486 e. The number of ether oxygens (including phenoxy) is 2. The fraction of sp³-hybridized carbons (Fsp3) is 0.278. The molecule has 0 spiro atoms. The van der Waals surface area contributed by atoms with Gasteiger partial charge in [-0.15, -0.1) is 0 Å². The predicted octanol–water partition coefficient (Wildman–Crippen LogP) is 4.14. The number of hydrogen-bond acceptors (Lipinski definition) is 3. The van der Waals surface area contributed by atoms with Gasteiger partial charge in [0.1, 0.15) is 13.2 Å². The fourth-order valence-corrected chi connectivity index (χ4v) is 2.85. The molecule has 120 valence electrons. The van der Waals surface area contributed by atoms with Crippen molar-refractivity contribution in [3.8, 4) is 11.5 Å². The highest BCUT2D eigenvalue weighted by Gasteiger charge is 2.30. The Morgan fingerprint density at radius 1 is 1.09 bits per heavy atom. The molecule has 2 aromatic rings. The summed E-state index contributed by atoms with van der Waals surface area (Å²) in [5.41, 5.74) is 0.989. The number of hydrogen-bond donors (Lipinski definition) is 1. The van der Waals surface area contributed by atoms with Crippen LogP contribution in [0.15, 0.2) is 46.9 Å². The van der Waals surface area contributed by atoms with E-state index in [9.17, 15) is 4.79 Å². The van der Waals surface area contributed by atoms with Crippen LogP contribution in [-0.2, 0) is 10.2 Å². The Hall–Kier alpha value is -2.01. The number of benzene rings is 2.